The van der Waals surface area contributed by atoms with Crippen LogP contribution in [0.3, 0.4) is 0 Å². The van der Waals surface area contributed by atoms with Gasteiger partial charge in [-0.3, -0.25) is 9.36 Å². The van der Waals surface area contributed by atoms with Crippen LogP contribution in [0.25, 0.3) is 11.0 Å². The highest BCUT2D eigenvalue weighted by Gasteiger charge is 2.37. The van der Waals surface area contributed by atoms with Gasteiger partial charge in [0.2, 0.25) is 5.88 Å². The van der Waals surface area contributed by atoms with Crippen LogP contribution in [0.2, 0.25) is 0 Å². The van der Waals surface area contributed by atoms with E-state index in [1.807, 2.05) is 6.92 Å². The van der Waals surface area contributed by atoms with Gasteiger partial charge in [0.1, 0.15) is 5.75 Å². The number of hydrogen-bond donors (Lipinski definition) is 1. The molecule has 3 rings (SSSR count). The van der Waals surface area contributed by atoms with Crippen LogP contribution in [0.4, 0.5) is 13.2 Å². The number of halogens is 3. The molecule has 0 spiro atoms. The van der Waals surface area contributed by atoms with E-state index in [-0.39, 0.29) is 34.9 Å². The molecule has 3 aromatic rings. The number of aryl methyl sites for hydroxylation is 1. The molecule has 0 bridgehead atoms. The summed E-state index contributed by atoms with van der Waals surface area (Å²) in [4.78, 5) is 11.3. The molecule has 1 N–H and O–H groups in total. The minimum atomic E-state index is -4.59. The quantitative estimate of drug-likeness (QED) is 0.600. The summed E-state index contributed by atoms with van der Waals surface area (Å²) in [7, 11) is 0. The molecule has 0 unspecified atom stereocenters. The van der Waals surface area contributed by atoms with E-state index in [1.54, 1.807) is 0 Å². The molecule has 146 valence electrons. The molecule has 0 saturated carbocycles. The van der Waals surface area contributed by atoms with Crippen LogP contribution in [0.15, 0.2) is 26.8 Å². The lowest BCUT2D eigenvalue weighted by Crippen LogP contribution is -2.14. The maximum atomic E-state index is 13.0. The van der Waals surface area contributed by atoms with E-state index in [0.717, 1.165) is 11.3 Å². The molecule has 1 aromatic carbocycles. The fourth-order valence-electron chi connectivity index (χ4n) is 2.80. The van der Waals surface area contributed by atoms with Gasteiger partial charge in [0.25, 0.3) is 0 Å². The van der Waals surface area contributed by atoms with Crippen molar-refractivity contribution in [3.63, 3.8) is 0 Å². The second-order valence-corrected chi connectivity index (χ2v) is 6.73. The Labute approximate surface area is 155 Å². The third-order valence-electron chi connectivity index (χ3n) is 4.02. The molecule has 6 nitrogen and oxygen atoms in total. The fraction of sp³-hybridized carbons (Fsp3) is 0.412. The molecule has 0 radical (unpaired) electrons. The predicted octanol–water partition coefficient (Wildman–Crippen LogP) is 4.20. The van der Waals surface area contributed by atoms with E-state index >= 15 is 0 Å². The lowest BCUT2D eigenvalue weighted by Gasteiger charge is -2.12. The maximum absolute atomic E-state index is 13.0. The first kappa shape index (κ1) is 19.3. The van der Waals surface area contributed by atoms with E-state index in [2.05, 4.69) is 5.16 Å². The normalized spacial score (nSPS) is 12.0. The van der Waals surface area contributed by atoms with Gasteiger partial charge in [-0.05, 0) is 25.0 Å². The van der Waals surface area contributed by atoms with Crippen molar-refractivity contribution < 1.29 is 27.5 Å². The molecule has 2 aromatic heterocycles. The van der Waals surface area contributed by atoms with Gasteiger partial charge in [0.05, 0.1) is 17.4 Å². The lowest BCUT2D eigenvalue weighted by molar-refractivity contribution is -0.141. The summed E-state index contributed by atoms with van der Waals surface area (Å²) in [5.41, 5.74) is -0.435. The van der Waals surface area contributed by atoms with Crippen molar-refractivity contribution in [3.05, 3.63) is 38.4 Å². The number of thiazole rings is 1. The summed E-state index contributed by atoms with van der Waals surface area (Å²) in [5, 5.41) is 14.0. The van der Waals surface area contributed by atoms with Gasteiger partial charge in [0, 0.05) is 12.1 Å². The summed E-state index contributed by atoms with van der Waals surface area (Å²) in [6.07, 6.45) is -2.98. The van der Waals surface area contributed by atoms with E-state index < -0.39 is 11.9 Å². The molecule has 27 heavy (non-hydrogen) atoms. The van der Waals surface area contributed by atoms with E-state index in [9.17, 15) is 23.1 Å². The van der Waals surface area contributed by atoms with Gasteiger partial charge in [-0.1, -0.05) is 29.8 Å². The average molecular weight is 402 g/mol. The minimum absolute atomic E-state index is 0.0772. The lowest BCUT2D eigenvalue weighted by atomic mass is 10.0. The van der Waals surface area contributed by atoms with Crippen LogP contribution in [-0.2, 0) is 19.1 Å². The van der Waals surface area contributed by atoms with E-state index in [1.165, 1.54) is 22.1 Å². The molecule has 0 atom stereocenters. The van der Waals surface area contributed by atoms with Crippen LogP contribution in [0.5, 0.6) is 11.6 Å². The van der Waals surface area contributed by atoms with Crippen molar-refractivity contribution in [1.82, 2.24) is 9.72 Å². The van der Waals surface area contributed by atoms with Gasteiger partial charge in [0.15, 0.2) is 11.3 Å². The smallest absolute Gasteiger partial charge is 0.437 e. The molecule has 0 fully saturated rings. The van der Waals surface area contributed by atoms with Gasteiger partial charge in [-0.2, -0.15) is 13.2 Å². The van der Waals surface area contributed by atoms with Crippen molar-refractivity contribution in [1.29, 1.82) is 0 Å². The van der Waals surface area contributed by atoms with Crippen LogP contribution in [0, 0.1) is 0 Å². The molecule has 0 aliphatic heterocycles. The van der Waals surface area contributed by atoms with Gasteiger partial charge in [-0.25, -0.2) is 0 Å². The number of alkyl halides is 3. The topological polar surface area (TPSA) is 77.5 Å². The number of aromatic hydroxyl groups is 1. The fourth-order valence-corrected chi connectivity index (χ4v) is 3.45. The summed E-state index contributed by atoms with van der Waals surface area (Å²) < 4.78 is 51.0. The van der Waals surface area contributed by atoms with E-state index in [4.69, 9.17) is 9.26 Å². The first-order valence-electron chi connectivity index (χ1n) is 8.31. The van der Waals surface area contributed by atoms with Crippen LogP contribution in [0.1, 0.15) is 31.0 Å². The summed E-state index contributed by atoms with van der Waals surface area (Å²) in [6, 6.07) is 2.77. The number of hydrogen-bond acceptors (Lipinski definition) is 6. The average Bonchev–Trinajstić information content (AvgIpc) is 3.18. The maximum Gasteiger partial charge on any atom is 0.437 e. The SMILES string of the molecule is CCCc1c(OCCCn2c(O)csc2=O)ccc2c(C(F)(F)F)noc12. The molecule has 0 aliphatic rings. The first-order valence-corrected chi connectivity index (χ1v) is 9.19. The van der Waals surface area contributed by atoms with Gasteiger partial charge >= 0.3 is 11.0 Å². The molecule has 2 heterocycles. The predicted molar refractivity (Wildman–Crippen MR) is 93.4 cm³/mol. The summed E-state index contributed by atoms with van der Waals surface area (Å²) in [6.45, 7) is 2.40. The Hall–Kier alpha value is -2.49. The number of aromatic nitrogens is 2. The number of fused-ring (bicyclic) bond motifs is 1. The minimum Gasteiger partial charge on any atom is -0.494 e. The second kappa shape index (κ2) is 7.63. The number of ether oxygens (including phenoxy) is 1. The Kier molecular flexibility index (Phi) is 5.45. The van der Waals surface area contributed by atoms with Crippen molar-refractivity contribution in [3.8, 4) is 11.6 Å². The zero-order chi connectivity index (χ0) is 19.6. The largest absolute Gasteiger partial charge is 0.494 e. The first-order chi connectivity index (χ1) is 12.8. The Morgan fingerprint density at radius 1 is 1.37 bits per heavy atom. The van der Waals surface area contributed by atoms with Crippen LogP contribution < -0.4 is 9.61 Å². The molecule has 0 saturated heterocycles. The van der Waals surface area contributed by atoms with Crippen molar-refractivity contribution in [2.45, 2.75) is 38.9 Å². The number of benzene rings is 1. The number of nitrogens with zero attached hydrogens (tertiary/aromatic N) is 2. The molecule has 0 amide bonds. The highest BCUT2D eigenvalue weighted by Crippen LogP contribution is 2.38. The van der Waals surface area contributed by atoms with Crippen LogP contribution in [-0.4, -0.2) is 21.4 Å². The van der Waals surface area contributed by atoms with E-state index in [0.29, 0.717) is 30.6 Å². The highest BCUT2D eigenvalue weighted by molar-refractivity contribution is 7.07. The molecule has 10 heteroatoms. The van der Waals surface area contributed by atoms with Gasteiger partial charge in [-0.15, -0.1) is 0 Å². The summed E-state index contributed by atoms with van der Waals surface area (Å²) in [5.74, 6) is 0.329. The molecular formula is C17H17F3N2O4S. The summed E-state index contributed by atoms with van der Waals surface area (Å²) >= 11 is 0.906. The highest BCUT2D eigenvalue weighted by atomic mass is 32.1. The van der Waals surface area contributed by atoms with Crippen molar-refractivity contribution in [2.75, 3.05) is 6.61 Å². The molecular weight excluding hydrogens is 385 g/mol. The Morgan fingerprint density at radius 2 is 2.15 bits per heavy atom. The Bertz CT molecular complexity index is 990. The number of rotatable bonds is 7. The second-order valence-electron chi connectivity index (χ2n) is 5.91. The molecule has 0 aliphatic carbocycles. The van der Waals surface area contributed by atoms with Gasteiger partial charge < -0.3 is 14.4 Å². The third kappa shape index (κ3) is 3.95. The Balaban J connectivity index is 1.78. The van der Waals surface area contributed by atoms with Crippen molar-refractivity contribution >= 4 is 22.3 Å². The zero-order valence-electron chi connectivity index (χ0n) is 14.4. The third-order valence-corrected chi connectivity index (χ3v) is 4.77. The Morgan fingerprint density at radius 3 is 2.78 bits per heavy atom. The monoisotopic (exact) mass is 402 g/mol. The standard InChI is InChI=1S/C17H17F3N2O4S/c1-2-4-10-12(25-8-3-7-22-13(23)9-27-16(22)24)6-5-11-14(10)26-21-15(11)17(18,19)20/h5-6,9,23H,2-4,7-8H2,1H3. The van der Waals surface area contributed by atoms with Crippen molar-refractivity contribution in [2.24, 2.45) is 0 Å². The van der Waals surface area contributed by atoms with Crippen LogP contribution >= 0.6 is 11.3 Å². The zero-order valence-corrected chi connectivity index (χ0v) is 15.2.